The van der Waals surface area contributed by atoms with E-state index in [2.05, 4.69) is 127 Å². The van der Waals surface area contributed by atoms with Crippen LogP contribution in [0, 0.1) is 5.92 Å². The van der Waals surface area contributed by atoms with E-state index < -0.39 is 0 Å². The highest BCUT2D eigenvalue weighted by molar-refractivity contribution is 5.82. The van der Waals surface area contributed by atoms with E-state index in [9.17, 15) is 0 Å². The summed E-state index contributed by atoms with van der Waals surface area (Å²) in [6.45, 7) is 0. The van der Waals surface area contributed by atoms with E-state index >= 15 is 0 Å². The maximum atomic E-state index is 2.31. The first-order valence-electron chi connectivity index (χ1n) is 9.22. The van der Waals surface area contributed by atoms with Crippen molar-refractivity contribution in [3.05, 3.63) is 156 Å². The molecule has 129 valence electrons. The zero-order valence-corrected chi connectivity index (χ0v) is 15.1. The van der Waals surface area contributed by atoms with Gasteiger partial charge in [-0.05, 0) is 27.8 Å². The van der Waals surface area contributed by atoms with Crippen molar-refractivity contribution in [1.29, 1.82) is 0 Å². The van der Waals surface area contributed by atoms with Crippen LogP contribution in [-0.2, 0) is 0 Å². The highest BCUT2D eigenvalue weighted by Crippen LogP contribution is 2.32. The standard InChI is InChI=1S/C27H21/c1-5-13-22(14-6-1)26(23-15-7-2-8-16-23)21-27(24-17-9-3-10-18-24)25-19-11-4-12-20-25/h1-21H. The number of allylic oxidation sites excluding steroid dienone is 1. The van der Waals surface area contributed by atoms with Gasteiger partial charge < -0.3 is 0 Å². The molecule has 0 unspecified atom stereocenters. The second-order valence-corrected chi connectivity index (χ2v) is 6.44. The zero-order valence-electron chi connectivity index (χ0n) is 15.1. The third kappa shape index (κ3) is 4.07. The van der Waals surface area contributed by atoms with Crippen LogP contribution in [-0.4, -0.2) is 0 Å². The molecular formula is C27H21. The molecule has 0 amide bonds. The average molecular weight is 345 g/mol. The minimum Gasteiger partial charge on any atom is -0.0622 e. The lowest BCUT2D eigenvalue weighted by Crippen LogP contribution is -2.01. The van der Waals surface area contributed by atoms with Gasteiger partial charge in [0, 0.05) is 0 Å². The van der Waals surface area contributed by atoms with Crippen LogP contribution in [0.15, 0.2) is 127 Å². The van der Waals surface area contributed by atoms with Crippen molar-refractivity contribution in [2.45, 2.75) is 0 Å². The Kier molecular flexibility index (Phi) is 5.26. The Bertz CT molecular complexity index is 904. The Balaban J connectivity index is 1.90. The molecule has 0 aliphatic rings. The van der Waals surface area contributed by atoms with Crippen molar-refractivity contribution < 1.29 is 0 Å². The largest absolute Gasteiger partial charge is 0.0622 e. The molecule has 0 aromatic heterocycles. The molecule has 0 atom stereocenters. The monoisotopic (exact) mass is 345 g/mol. The Morgan fingerprint density at radius 2 is 0.667 bits per heavy atom. The predicted molar refractivity (Wildman–Crippen MR) is 114 cm³/mol. The molecule has 0 aliphatic carbocycles. The van der Waals surface area contributed by atoms with Crippen LogP contribution in [0.3, 0.4) is 0 Å². The van der Waals surface area contributed by atoms with Gasteiger partial charge in [0.15, 0.2) is 0 Å². The molecule has 4 aromatic carbocycles. The predicted octanol–water partition coefficient (Wildman–Crippen LogP) is 6.79. The van der Waals surface area contributed by atoms with Crippen molar-refractivity contribution in [2.24, 2.45) is 0 Å². The maximum Gasteiger partial charge on any atom is 0.0563 e. The van der Waals surface area contributed by atoms with Gasteiger partial charge >= 0.3 is 0 Å². The molecule has 0 nitrogen and oxygen atoms in total. The Morgan fingerprint density at radius 3 is 1.00 bits per heavy atom. The Labute approximate surface area is 161 Å². The van der Waals surface area contributed by atoms with Crippen LogP contribution in [0.1, 0.15) is 22.3 Å². The van der Waals surface area contributed by atoms with E-state index in [1.807, 2.05) is 0 Å². The van der Waals surface area contributed by atoms with Crippen molar-refractivity contribution in [3.8, 4) is 0 Å². The third-order valence-corrected chi connectivity index (χ3v) is 4.63. The van der Waals surface area contributed by atoms with Crippen LogP contribution >= 0.6 is 0 Å². The molecule has 0 N–H and O–H groups in total. The van der Waals surface area contributed by atoms with Crippen LogP contribution in [0.25, 0.3) is 5.57 Å². The summed E-state index contributed by atoms with van der Waals surface area (Å²) in [5.74, 6) is 1.22. The summed E-state index contributed by atoms with van der Waals surface area (Å²) in [5.41, 5.74) is 6.08. The summed E-state index contributed by atoms with van der Waals surface area (Å²) in [4.78, 5) is 0. The summed E-state index contributed by atoms with van der Waals surface area (Å²) < 4.78 is 0. The first-order chi connectivity index (χ1) is 13.4. The first kappa shape index (κ1) is 17.1. The van der Waals surface area contributed by atoms with E-state index in [4.69, 9.17) is 0 Å². The van der Waals surface area contributed by atoms with Gasteiger partial charge in [0.1, 0.15) is 0 Å². The lowest BCUT2D eigenvalue weighted by molar-refractivity contribution is 1.28. The maximum absolute atomic E-state index is 2.31. The molecule has 4 rings (SSSR count). The number of rotatable bonds is 5. The number of benzene rings is 4. The van der Waals surface area contributed by atoms with E-state index in [1.165, 1.54) is 33.7 Å². The number of hydrogen-bond acceptors (Lipinski definition) is 0. The van der Waals surface area contributed by atoms with Crippen LogP contribution in [0.5, 0.6) is 0 Å². The molecular weight excluding hydrogens is 324 g/mol. The summed E-state index contributed by atoms with van der Waals surface area (Å²) in [6, 6.07) is 42.4. The van der Waals surface area contributed by atoms with Crippen molar-refractivity contribution in [3.63, 3.8) is 0 Å². The van der Waals surface area contributed by atoms with E-state index in [0.717, 1.165) is 0 Å². The van der Waals surface area contributed by atoms with Gasteiger partial charge in [-0.3, -0.25) is 0 Å². The van der Waals surface area contributed by atoms with Gasteiger partial charge in [-0.1, -0.05) is 127 Å². The molecule has 1 radical (unpaired) electrons. The fourth-order valence-electron chi connectivity index (χ4n) is 3.28. The smallest absolute Gasteiger partial charge is 0.0563 e. The molecule has 0 saturated carbocycles. The molecule has 0 heterocycles. The summed E-state index contributed by atoms with van der Waals surface area (Å²) in [6.07, 6.45) is 2.31. The quantitative estimate of drug-likeness (QED) is 0.373. The van der Waals surface area contributed by atoms with E-state index in [1.54, 1.807) is 0 Å². The molecule has 27 heavy (non-hydrogen) atoms. The lowest BCUT2D eigenvalue weighted by atomic mass is 9.86. The van der Waals surface area contributed by atoms with E-state index in [-0.39, 0.29) is 0 Å². The minimum atomic E-state index is 1.22. The van der Waals surface area contributed by atoms with E-state index in [0.29, 0.717) is 0 Å². The van der Waals surface area contributed by atoms with Crippen LogP contribution < -0.4 is 0 Å². The zero-order chi connectivity index (χ0) is 18.3. The third-order valence-electron chi connectivity index (χ3n) is 4.63. The SMILES string of the molecule is C([C](c1ccccc1)c1ccccc1)=C(c1ccccc1)c1ccccc1. The molecule has 0 fully saturated rings. The number of hydrogen-bond donors (Lipinski definition) is 0. The first-order valence-corrected chi connectivity index (χ1v) is 9.22. The van der Waals surface area contributed by atoms with Gasteiger partial charge in [-0.2, -0.15) is 0 Å². The second kappa shape index (κ2) is 8.33. The van der Waals surface area contributed by atoms with Crippen molar-refractivity contribution in [2.75, 3.05) is 0 Å². The van der Waals surface area contributed by atoms with Crippen molar-refractivity contribution in [1.82, 2.24) is 0 Å². The molecule has 0 bridgehead atoms. The van der Waals surface area contributed by atoms with Crippen molar-refractivity contribution >= 4 is 5.57 Å². The Morgan fingerprint density at radius 1 is 0.370 bits per heavy atom. The summed E-state index contributed by atoms with van der Waals surface area (Å²) in [5, 5.41) is 0. The molecule has 0 aliphatic heterocycles. The molecule has 0 spiro atoms. The van der Waals surface area contributed by atoms with Crippen LogP contribution in [0.2, 0.25) is 0 Å². The molecule has 0 saturated heterocycles. The van der Waals surface area contributed by atoms with Gasteiger partial charge in [-0.25, -0.2) is 0 Å². The topological polar surface area (TPSA) is 0 Å². The fraction of sp³-hybridized carbons (Fsp3) is 0. The fourth-order valence-corrected chi connectivity index (χ4v) is 3.28. The minimum absolute atomic E-state index is 1.22. The second-order valence-electron chi connectivity index (χ2n) is 6.44. The highest BCUT2D eigenvalue weighted by atomic mass is 14.2. The van der Waals surface area contributed by atoms with Gasteiger partial charge in [0.25, 0.3) is 0 Å². The summed E-state index contributed by atoms with van der Waals surface area (Å²) >= 11 is 0. The Hall–Kier alpha value is -3.38. The normalized spacial score (nSPS) is 10.6. The van der Waals surface area contributed by atoms with Crippen LogP contribution in [0.4, 0.5) is 0 Å². The van der Waals surface area contributed by atoms with Gasteiger partial charge in [0.2, 0.25) is 0 Å². The molecule has 4 aromatic rings. The molecule has 0 heteroatoms. The highest BCUT2D eigenvalue weighted by Gasteiger charge is 2.15. The van der Waals surface area contributed by atoms with Gasteiger partial charge in [0.05, 0.1) is 5.92 Å². The van der Waals surface area contributed by atoms with Gasteiger partial charge in [-0.15, -0.1) is 0 Å². The average Bonchev–Trinajstić information content (AvgIpc) is 2.77. The lowest BCUT2D eigenvalue weighted by Gasteiger charge is -2.17. The summed E-state index contributed by atoms with van der Waals surface area (Å²) in [7, 11) is 0.